The number of morpholine rings is 1. The summed E-state index contributed by atoms with van der Waals surface area (Å²) in [6, 6.07) is 18.0. The van der Waals surface area contributed by atoms with Crippen LogP contribution < -0.4 is 19.1 Å². The van der Waals surface area contributed by atoms with Gasteiger partial charge in [-0.15, -0.1) is 0 Å². The van der Waals surface area contributed by atoms with Gasteiger partial charge in [0.15, 0.2) is 0 Å². The van der Waals surface area contributed by atoms with Crippen LogP contribution in [0.3, 0.4) is 0 Å². The van der Waals surface area contributed by atoms with Crippen LogP contribution in [0, 0.1) is 5.41 Å². The van der Waals surface area contributed by atoms with Gasteiger partial charge in [0, 0.05) is 81.2 Å². The van der Waals surface area contributed by atoms with E-state index < -0.39 is 22.0 Å². The second-order valence-corrected chi connectivity index (χ2v) is 20.0. The standard InChI is InChI=1S/C47H54Cl2N8O7S/c1-5-54(4)46(59)57-20-21-62-37(29-57)30-63-45-41(49)24-38(27-52-45)65(60,61)53-44(58)39-11-10-35(23-42(39)64-36-22-32-13-15-50-43(32)51-26-36)56-18-16-55(17-19-56)28-33-12-14-47(2,3)25-40(33)31-6-8-34(48)9-7-31/h6-11,13,15,22-24,26-27,37H,5,12,14,16-21,25,28-30H2,1-4H3,(H,50,51)(H,53,58)/t37-/m0/s1. The lowest BCUT2D eigenvalue weighted by atomic mass is 9.72. The van der Waals surface area contributed by atoms with Crippen molar-refractivity contribution < 1.29 is 32.2 Å². The smallest absolute Gasteiger partial charge is 0.319 e. The first kappa shape index (κ1) is 46.2. The van der Waals surface area contributed by atoms with E-state index in [-0.39, 0.29) is 45.2 Å². The number of urea groups is 1. The first-order chi connectivity index (χ1) is 31.1. The van der Waals surface area contributed by atoms with Gasteiger partial charge in [-0.25, -0.2) is 27.9 Å². The molecule has 2 aromatic carbocycles. The van der Waals surface area contributed by atoms with E-state index in [1.54, 1.807) is 53.5 Å². The number of nitrogens with zero attached hydrogens (tertiary/aromatic N) is 6. The number of allylic oxidation sites excluding steroid dienone is 1. The summed E-state index contributed by atoms with van der Waals surface area (Å²) in [6.07, 6.45) is 7.14. The Balaban J connectivity index is 0.958. The molecule has 2 fully saturated rings. The minimum absolute atomic E-state index is 0.00355. The summed E-state index contributed by atoms with van der Waals surface area (Å²) in [5, 5.41) is 1.45. The molecule has 2 N–H and O–H groups in total. The number of halogens is 2. The lowest BCUT2D eigenvalue weighted by molar-refractivity contribution is -0.0389. The normalized spacial score (nSPS) is 18.2. The third-order valence-electron chi connectivity index (χ3n) is 12.3. The third-order valence-corrected chi connectivity index (χ3v) is 14.1. The molecule has 344 valence electrons. The fraction of sp³-hybridized carbons (Fsp3) is 0.404. The predicted octanol–water partition coefficient (Wildman–Crippen LogP) is 8.11. The van der Waals surface area contributed by atoms with Gasteiger partial charge < -0.3 is 33.9 Å². The van der Waals surface area contributed by atoms with Crippen molar-refractivity contribution in [2.45, 2.75) is 51.0 Å². The van der Waals surface area contributed by atoms with E-state index in [1.165, 1.54) is 16.7 Å². The fourth-order valence-corrected chi connectivity index (χ4v) is 9.77. The van der Waals surface area contributed by atoms with Gasteiger partial charge in [-0.1, -0.05) is 54.8 Å². The number of rotatable bonds is 13. The number of H-pyrrole nitrogens is 1. The molecule has 0 unspecified atom stereocenters. The fourth-order valence-electron chi connectivity index (χ4n) is 8.42. The van der Waals surface area contributed by atoms with Crippen molar-refractivity contribution in [3.05, 3.63) is 106 Å². The van der Waals surface area contributed by atoms with Crippen LogP contribution in [0.2, 0.25) is 10.0 Å². The summed E-state index contributed by atoms with van der Waals surface area (Å²) in [4.78, 5) is 45.9. The van der Waals surface area contributed by atoms with Crippen LogP contribution in [0.1, 0.15) is 56.0 Å². The number of hydrogen-bond donors (Lipinski definition) is 2. The number of pyridine rings is 2. The Labute approximate surface area is 389 Å². The van der Waals surface area contributed by atoms with Gasteiger partial charge in [0.25, 0.3) is 15.9 Å². The van der Waals surface area contributed by atoms with Gasteiger partial charge >= 0.3 is 6.03 Å². The average Bonchev–Trinajstić information content (AvgIpc) is 3.77. The highest BCUT2D eigenvalue weighted by Crippen LogP contribution is 2.43. The number of anilines is 1. The molecule has 2 aliphatic heterocycles. The molecular weight excluding hydrogens is 892 g/mol. The van der Waals surface area contributed by atoms with E-state index in [0.717, 1.165) is 80.3 Å². The lowest BCUT2D eigenvalue weighted by Gasteiger charge is -2.39. The van der Waals surface area contributed by atoms with Crippen molar-refractivity contribution >= 4 is 67.5 Å². The summed E-state index contributed by atoms with van der Waals surface area (Å²) in [5.41, 5.74) is 5.85. The summed E-state index contributed by atoms with van der Waals surface area (Å²) < 4.78 is 47.4. The van der Waals surface area contributed by atoms with Crippen LogP contribution in [0.5, 0.6) is 17.4 Å². The molecule has 0 radical (unpaired) electrons. The molecule has 65 heavy (non-hydrogen) atoms. The monoisotopic (exact) mass is 944 g/mol. The number of hydrogen-bond acceptors (Lipinski definition) is 11. The van der Waals surface area contributed by atoms with Crippen LogP contribution in [0.15, 0.2) is 89.7 Å². The molecule has 5 aromatic rings. The number of aromatic amines is 1. The largest absolute Gasteiger partial charge is 0.474 e. The summed E-state index contributed by atoms with van der Waals surface area (Å²) in [6.45, 7) is 12.3. The van der Waals surface area contributed by atoms with Gasteiger partial charge in [0.1, 0.15) is 39.8 Å². The van der Waals surface area contributed by atoms with Crippen LogP contribution in [0.4, 0.5) is 10.5 Å². The van der Waals surface area contributed by atoms with Gasteiger partial charge in [-0.05, 0) is 85.2 Å². The molecule has 5 heterocycles. The topological polar surface area (TPSA) is 163 Å². The SMILES string of the molecule is CCN(C)C(=O)N1CCO[C@H](COc2ncc(S(=O)(=O)NC(=O)c3ccc(N4CCN(CC5=C(c6ccc(Cl)cc6)CC(C)(C)CC5)CC4)cc3Oc3cnc4[nH]ccc4c3)cc2Cl)C1. The van der Waals surface area contributed by atoms with E-state index in [1.807, 2.05) is 25.1 Å². The van der Waals surface area contributed by atoms with Crippen LogP contribution in [-0.4, -0.2) is 129 Å². The van der Waals surface area contributed by atoms with Gasteiger partial charge in [0.05, 0.1) is 31.1 Å². The van der Waals surface area contributed by atoms with Crippen molar-refractivity contribution in [3.8, 4) is 17.4 Å². The number of piperazine rings is 1. The van der Waals surface area contributed by atoms with E-state index in [2.05, 4.69) is 55.5 Å². The number of ether oxygens (including phenoxy) is 3. The molecule has 18 heteroatoms. The van der Waals surface area contributed by atoms with Gasteiger partial charge in [-0.3, -0.25) is 9.69 Å². The number of amides is 3. The molecule has 2 saturated heterocycles. The molecule has 0 spiro atoms. The molecule has 15 nitrogen and oxygen atoms in total. The molecular formula is C47H54Cl2N8O7S. The average molecular weight is 946 g/mol. The second-order valence-electron chi connectivity index (χ2n) is 17.5. The number of carbonyl (C=O) groups is 2. The van der Waals surface area contributed by atoms with Crippen LogP contribution in [0.25, 0.3) is 16.6 Å². The van der Waals surface area contributed by atoms with Crippen molar-refractivity contribution in [1.29, 1.82) is 0 Å². The van der Waals surface area contributed by atoms with Crippen molar-refractivity contribution in [2.24, 2.45) is 5.41 Å². The number of sulfonamides is 1. The number of fused-ring (bicyclic) bond motifs is 1. The molecule has 1 aliphatic carbocycles. The zero-order valence-corrected chi connectivity index (χ0v) is 39.3. The maximum absolute atomic E-state index is 13.9. The van der Waals surface area contributed by atoms with E-state index >= 15 is 0 Å². The minimum atomic E-state index is -4.47. The Morgan fingerprint density at radius 1 is 1.00 bits per heavy atom. The Morgan fingerprint density at radius 2 is 1.78 bits per heavy atom. The maximum Gasteiger partial charge on any atom is 0.319 e. The third kappa shape index (κ3) is 11.0. The molecule has 8 rings (SSSR count). The number of carbonyl (C=O) groups excluding carboxylic acids is 2. The molecule has 3 aliphatic rings. The zero-order valence-electron chi connectivity index (χ0n) is 37.0. The molecule has 0 saturated carbocycles. The van der Waals surface area contributed by atoms with Crippen LogP contribution in [-0.2, 0) is 14.8 Å². The molecule has 3 aromatic heterocycles. The second kappa shape index (κ2) is 19.6. The highest BCUT2D eigenvalue weighted by Gasteiger charge is 2.31. The Hall–Kier alpha value is -5.39. The number of aromatic nitrogens is 3. The Morgan fingerprint density at radius 3 is 2.54 bits per heavy atom. The van der Waals surface area contributed by atoms with E-state index in [4.69, 9.17) is 37.4 Å². The highest BCUT2D eigenvalue weighted by molar-refractivity contribution is 7.90. The van der Waals surface area contributed by atoms with Gasteiger partial charge in [-0.2, -0.15) is 0 Å². The summed E-state index contributed by atoms with van der Waals surface area (Å²) in [5.74, 6) is -0.406. The molecule has 1 atom stereocenters. The van der Waals surface area contributed by atoms with Crippen molar-refractivity contribution in [2.75, 3.05) is 77.5 Å². The maximum atomic E-state index is 13.9. The first-order valence-corrected chi connectivity index (χ1v) is 24.0. The summed E-state index contributed by atoms with van der Waals surface area (Å²) >= 11 is 12.7. The Kier molecular flexibility index (Phi) is 13.9. The summed E-state index contributed by atoms with van der Waals surface area (Å²) in [7, 11) is -2.74. The van der Waals surface area contributed by atoms with E-state index in [9.17, 15) is 18.0 Å². The Bertz CT molecular complexity index is 2690. The van der Waals surface area contributed by atoms with Gasteiger partial charge in [0.2, 0.25) is 5.88 Å². The number of benzene rings is 2. The van der Waals surface area contributed by atoms with Crippen molar-refractivity contribution in [3.63, 3.8) is 0 Å². The number of nitrogens with one attached hydrogen (secondary N) is 2. The first-order valence-electron chi connectivity index (χ1n) is 21.8. The highest BCUT2D eigenvalue weighted by atomic mass is 35.5. The molecule has 3 amide bonds. The predicted molar refractivity (Wildman–Crippen MR) is 252 cm³/mol. The zero-order chi connectivity index (χ0) is 45.9. The van der Waals surface area contributed by atoms with E-state index in [0.29, 0.717) is 37.6 Å². The van der Waals surface area contributed by atoms with Crippen LogP contribution >= 0.6 is 23.2 Å². The molecule has 0 bridgehead atoms. The quantitative estimate of drug-likeness (QED) is 0.117. The van der Waals surface area contributed by atoms with Crippen molar-refractivity contribution in [1.82, 2.24) is 34.4 Å². The lowest BCUT2D eigenvalue weighted by Crippen LogP contribution is -2.51. The minimum Gasteiger partial charge on any atom is -0.474 e.